The van der Waals surface area contributed by atoms with Crippen molar-refractivity contribution in [3.63, 3.8) is 0 Å². The molecule has 0 aliphatic carbocycles. The van der Waals surface area contributed by atoms with Crippen LogP contribution in [0.5, 0.6) is 5.75 Å². The van der Waals surface area contributed by atoms with Crippen molar-refractivity contribution in [1.29, 1.82) is 0 Å². The molecule has 1 heterocycles. The standard InChI is InChI=1S/C15H20O2/c1-4-5-10-16-14-11-12-8-6-7-9-13(12)17-15(14,2)3/h6-9,11H,4-5,10H2,1-3H3. The molecule has 0 spiro atoms. The van der Waals surface area contributed by atoms with Gasteiger partial charge in [0, 0.05) is 5.56 Å². The molecule has 1 aromatic carbocycles. The summed E-state index contributed by atoms with van der Waals surface area (Å²) in [5.41, 5.74) is 0.723. The van der Waals surface area contributed by atoms with E-state index in [9.17, 15) is 0 Å². The van der Waals surface area contributed by atoms with Gasteiger partial charge >= 0.3 is 0 Å². The molecule has 0 aromatic heterocycles. The van der Waals surface area contributed by atoms with Gasteiger partial charge in [-0.3, -0.25) is 0 Å². The first kappa shape index (κ1) is 12.0. The summed E-state index contributed by atoms with van der Waals surface area (Å²) in [6.45, 7) is 7.01. The first-order valence-corrected chi connectivity index (χ1v) is 6.26. The minimum Gasteiger partial charge on any atom is -0.494 e. The maximum Gasteiger partial charge on any atom is 0.160 e. The van der Waals surface area contributed by atoms with Crippen LogP contribution in [0.25, 0.3) is 6.08 Å². The Kier molecular flexibility index (Phi) is 3.41. The number of hydrogen-bond donors (Lipinski definition) is 0. The Bertz CT molecular complexity index is 419. The topological polar surface area (TPSA) is 18.5 Å². The highest BCUT2D eigenvalue weighted by Crippen LogP contribution is 2.35. The molecular formula is C15H20O2. The van der Waals surface area contributed by atoms with Gasteiger partial charge in [-0.2, -0.15) is 0 Å². The van der Waals surface area contributed by atoms with Gasteiger partial charge in [-0.25, -0.2) is 0 Å². The van der Waals surface area contributed by atoms with E-state index in [0.717, 1.165) is 36.5 Å². The van der Waals surface area contributed by atoms with Crippen molar-refractivity contribution in [1.82, 2.24) is 0 Å². The Hall–Kier alpha value is -1.44. The third kappa shape index (κ3) is 2.63. The van der Waals surface area contributed by atoms with Crippen LogP contribution >= 0.6 is 0 Å². The van der Waals surface area contributed by atoms with Crippen LogP contribution in [-0.2, 0) is 4.74 Å². The summed E-state index contributed by atoms with van der Waals surface area (Å²) in [6.07, 6.45) is 4.31. The van der Waals surface area contributed by atoms with Gasteiger partial charge in [-0.1, -0.05) is 31.5 Å². The van der Waals surface area contributed by atoms with E-state index in [2.05, 4.69) is 13.0 Å². The highest BCUT2D eigenvalue weighted by atomic mass is 16.5. The molecule has 0 saturated carbocycles. The van der Waals surface area contributed by atoms with E-state index in [1.807, 2.05) is 38.1 Å². The summed E-state index contributed by atoms with van der Waals surface area (Å²) < 4.78 is 11.8. The lowest BCUT2D eigenvalue weighted by atomic mass is 10.00. The first-order valence-electron chi connectivity index (χ1n) is 6.26. The minimum absolute atomic E-state index is 0.373. The van der Waals surface area contributed by atoms with Crippen LogP contribution < -0.4 is 4.74 Å². The Morgan fingerprint density at radius 1 is 1.24 bits per heavy atom. The molecule has 0 atom stereocenters. The van der Waals surface area contributed by atoms with Crippen molar-refractivity contribution in [2.75, 3.05) is 6.61 Å². The molecule has 0 saturated heterocycles. The molecule has 1 aliphatic rings. The molecule has 17 heavy (non-hydrogen) atoms. The number of fused-ring (bicyclic) bond motifs is 1. The van der Waals surface area contributed by atoms with Crippen molar-refractivity contribution < 1.29 is 9.47 Å². The predicted molar refractivity (Wildman–Crippen MR) is 70.0 cm³/mol. The molecule has 0 amide bonds. The summed E-state index contributed by atoms with van der Waals surface area (Å²) in [6, 6.07) is 8.05. The summed E-state index contributed by atoms with van der Waals surface area (Å²) in [4.78, 5) is 0. The van der Waals surface area contributed by atoms with Crippen molar-refractivity contribution in [2.45, 2.75) is 39.2 Å². The zero-order chi connectivity index (χ0) is 12.3. The average molecular weight is 232 g/mol. The smallest absolute Gasteiger partial charge is 0.160 e. The zero-order valence-electron chi connectivity index (χ0n) is 10.8. The number of ether oxygens (including phenoxy) is 2. The van der Waals surface area contributed by atoms with E-state index >= 15 is 0 Å². The van der Waals surface area contributed by atoms with E-state index in [0.29, 0.717) is 0 Å². The molecule has 0 unspecified atom stereocenters. The fourth-order valence-corrected chi connectivity index (χ4v) is 1.87. The highest BCUT2D eigenvalue weighted by molar-refractivity contribution is 5.62. The number of unbranched alkanes of at least 4 members (excludes halogenated alkanes) is 1. The van der Waals surface area contributed by atoms with Crippen LogP contribution in [0, 0.1) is 0 Å². The van der Waals surface area contributed by atoms with E-state index in [1.54, 1.807) is 0 Å². The van der Waals surface area contributed by atoms with Crippen molar-refractivity contribution in [2.24, 2.45) is 0 Å². The lowest BCUT2D eigenvalue weighted by Crippen LogP contribution is -2.34. The maximum atomic E-state index is 5.97. The van der Waals surface area contributed by atoms with E-state index in [4.69, 9.17) is 9.47 Å². The molecular weight excluding hydrogens is 212 g/mol. The average Bonchev–Trinajstić information content (AvgIpc) is 2.29. The Balaban J connectivity index is 2.21. The Labute approximate surface area is 103 Å². The first-order chi connectivity index (χ1) is 8.13. The number of rotatable bonds is 4. The monoisotopic (exact) mass is 232 g/mol. The van der Waals surface area contributed by atoms with Crippen LogP contribution in [-0.4, -0.2) is 12.2 Å². The second-order valence-corrected chi connectivity index (χ2v) is 4.86. The van der Waals surface area contributed by atoms with Crippen molar-refractivity contribution in [3.05, 3.63) is 35.6 Å². The number of hydrogen-bond acceptors (Lipinski definition) is 2. The van der Waals surface area contributed by atoms with E-state index in [1.165, 1.54) is 0 Å². The molecule has 2 heteroatoms. The fraction of sp³-hybridized carbons (Fsp3) is 0.467. The third-order valence-electron chi connectivity index (χ3n) is 2.92. The second-order valence-electron chi connectivity index (χ2n) is 4.86. The van der Waals surface area contributed by atoms with Gasteiger partial charge in [0.05, 0.1) is 6.61 Å². The van der Waals surface area contributed by atoms with E-state index in [-0.39, 0.29) is 5.60 Å². The molecule has 0 fully saturated rings. The zero-order valence-corrected chi connectivity index (χ0v) is 10.8. The van der Waals surface area contributed by atoms with Gasteiger partial charge in [0.2, 0.25) is 0 Å². The van der Waals surface area contributed by atoms with Crippen LogP contribution in [0.4, 0.5) is 0 Å². The quantitative estimate of drug-likeness (QED) is 0.730. The molecule has 2 nitrogen and oxygen atoms in total. The molecule has 92 valence electrons. The normalized spacial score (nSPS) is 16.8. The van der Waals surface area contributed by atoms with Gasteiger partial charge in [0.1, 0.15) is 11.5 Å². The largest absolute Gasteiger partial charge is 0.494 e. The molecule has 0 N–H and O–H groups in total. The SMILES string of the molecule is CCCCOC1=Cc2ccccc2OC1(C)C. The highest BCUT2D eigenvalue weighted by Gasteiger charge is 2.31. The molecule has 1 aliphatic heterocycles. The third-order valence-corrected chi connectivity index (χ3v) is 2.92. The lowest BCUT2D eigenvalue weighted by Gasteiger charge is -2.33. The van der Waals surface area contributed by atoms with Gasteiger partial charge in [0.25, 0.3) is 0 Å². The van der Waals surface area contributed by atoms with E-state index < -0.39 is 0 Å². The number of para-hydroxylation sites is 1. The van der Waals surface area contributed by atoms with Gasteiger partial charge < -0.3 is 9.47 Å². The predicted octanol–water partition coefficient (Wildman–Crippen LogP) is 4.02. The van der Waals surface area contributed by atoms with Crippen molar-refractivity contribution >= 4 is 6.08 Å². The second kappa shape index (κ2) is 4.82. The number of benzene rings is 1. The van der Waals surface area contributed by atoms with Crippen LogP contribution in [0.3, 0.4) is 0 Å². The van der Waals surface area contributed by atoms with Crippen LogP contribution in [0.1, 0.15) is 39.2 Å². The van der Waals surface area contributed by atoms with Crippen molar-refractivity contribution in [3.8, 4) is 5.75 Å². The van der Waals surface area contributed by atoms with Gasteiger partial charge in [-0.15, -0.1) is 0 Å². The summed E-state index contributed by atoms with van der Waals surface area (Å²) in [5, 5.41) is 0. The van der Waals surface area contributed by atoms with Crippen LogP contribution in [0.15, 0.2) is 30.0 Å². The maximum absolute atomic E-state index is 5.97. The summed E-state index contributed by atoms with van der Waals surface area (Å²) >= 11 is 0. The summed E-state index contributed by atoms with van der Waals surface area (Å²) in [5.74, 6) is 1.85. The van der Waals surface area contributed by atoms with Crippen LogP contribution in [0.2, 0.25) is 0 Å². The molecule has 2 rings (SSSR count). The molecule has 0 bridgehead atoms. The fourth-order valence-electron chi connectivity index (χ4n) is 1.87. The minimum atomic E-state index is -0.373. The Morgan fingerprint density at radius 3 is 2.76 bits per heavy atom. The molecule has 0 radical (unpaired) electrons. The van der Waals surface area contributed by atoms with Gasteiger partial charge in [-0.05, 0) is 32.4 Å². The molecule has 1 aromatic rings. The Morgan fingerprint density at radius 2 is 2.00 bits per heavy atom. The summed E-state index contributed by atoms with van der Waals surface area (Å²) in [7, 11) is 0. The van der Waals surface area contributed by atoms with Gasteiger partial charge in [0.15, 0.2) is 5.60 Å². The lowest BCUT2D eigenvalue weighted by molar-refractivity contribution is 0.0562.